The Balaban J connectivity index is 1.09. The van der Waals surface area contributed by atoms with Crippen LogP contribution < -0.4 is 21.3 Å². The van der Waals surface area contributed by atoms with Crippen LogP contribution in [0.15, 0.2) is 60.7 Å². The minimum absolute atomic E-state index is 0.0501. The van der Waals surface area contributed by atoms with E-state index in [0.29, 0.717) is 23.2 Å². The van der Waals surface area contributed by atoms with Crippen LogP contribution in [0.5, 0.6) is 0 Å². The second-order valence-corrected chi connectivity index (χ2v) is 21.0. The maximum Gasteiger partial charge on any atom is 0.249 e. The zero-order valence-corrected chi connectivity index (χ0v) is 38.2. The van der Waals surface area contributed by atoms with Gasteiger partial charge in [-0.15, -0.1) is 0 Å². The second-order valence-electron chi connectivity index (χ2n) is 21.0. The predicted octanol–water partition coefficient (Wildman–Crippen LogP) is 9.21. The molecule has 8 heteroatoms. The van der Waals surface area contributed by atoms with Crippen LogP contribution in [0.3, 0.4) is 0 Å². The van der Waals surface area contributed by atoms with Crippen molar-refractivity contribution in [1.29, 1.82) is 0 Å². The van der Waals surface area contributed by atoms with Gasteiger partial charge < -0.3 is 16.0 Å². The molecule has 0 bridgehead atoms. The van der Waals surface area contributed by atoms with Crippen molar-refractivity contribution < 1.29 is 19.2 Å². The van der Waals surface area contributed by atoms with E-state index in [1.807, 2.05) is 74.5 Å². The molecule has 4 aliphatic rings. The Morgan fingerprint density at radius 2 is 1.35 bits per heavy atom. The quantitative estimate of drug-likeness (QED) is 0.127. The standard InChI is InChI=1S/C52H78N4O4/c1-9-16-35(6)41-23-24-42-40-22-21-38-32-39(25-27-51(38,7)43(40)26-28-52(41,42)8)53-44(29-33(2)3)49(59)56-47(34(4)5)50(60)54-45(30-36-17-12-10-13-18-36)48(58)55-46(57)31-37-19-14-11-15-20-37/h10-15,17-20,33-35,38-45,47,53H,9,16,21-32H2,1-8H3,(H,54,60)(H,56,59)(H,55,57,58)/t35-,38?,39?,40?,41-,42?,43?,44-,45-,47-,51+,52-/m1/s1. The first-order valence-corrected chi connectivity index (χ1v) is 23.9. The molecule has 4 aliphatic carbocycles. The normalized spacial score (nSPS) is 30.6. The summed E-state index contributed by atoms with van der Waals surface area (Å²) in [5.74, 6) is 3.36. The number of nitrogens with one attached hydrogen (secondary N) is 4. The summed E-state index contributed by atoms with van der Waals surface area (Å²) in [6.45, 7) is 18.3. The van der Waals surface area contributed by atoms with Crippen LogP contribution in [0, 0.1) is 58.2 Å². The van der Waals surface area contributed by atoms with Crippen LogP contribution in [0.4, 0.5) is 0 Å². The monoisotopic (exact) mass is 823 g/mol. The maximum absolute atomic E-state index is 14.3. The molecular formula is C52H78N4O4. The van der Waals surface area contributed by atoms with Gasteiger partial charge in [-0.05, 0) is 134 Å². The molecule has 0 aliphatic heterocycles. The lowest BCUT2D eigenvalue weighted by molar-refractivity contribution is -0.135. The molecular weight excluding hydrogens is 745 g/mol. The Morgan fingerprint density at radius 1 is 0.700 bits per heavy atom. The minimum atomic E-state index is -1.01. The van der Waals surface area contributed by atoms with Gasteiger partial charge in [-0.3, -0.25) is 24.5 Å². The lowest BCUT2D eigenvalue weighted by atomic mass is 9.44. The summed E-state index contributed by atoms with van der Waals surface area (Å²) in [6.07, 6.45) is 15.3. The number of hydrogen-bond donors (Lipinski definition) is 4. The number of hydrogen-bond acceptors (Lipinski definition) is 5. The van der Waals surface area contributed by atoms with Gasteiger partial charge in [-0.1, -0.05) is 129 Å². The molecule has 12 atom stereocenters. The average Bonchev–Trinajstić information content (AvgIpc) is 3.57. The molecule has 0 saturated heterocycles. The van der Waals surface area contributed by atoms with Gasteiger partial charge >= 0.3 is 0 Å². The molecule has 4 amide bonds. The van der Waals surface area contributed by atoms with Crippen molar-refractivity contribution in [1.82, 2.24) is 21.3 Å². The third-order valence-corrected chi connectivity index (χ3v) is 16.3. The van der Waals surface area contributed by atoms with Gasteiger partial charge in [-0.25, -0.2) is 0 Å². The molecule has 0 radical (unpaired) electrons. The third kappa shape index (κ3) is 10.6. The summed E-state index contributed by atoms with van der Waals surface area (Å²) in [7, 11) is 0. The number of amides is 4. The van der Waals surface area contributed by atoms with Gasteiger partial charge in [0.15, 0.2) is 0 Å². The minimum Gasteiger partial charge on any atom is -0.343 e. The summed E-state index contributed by atoms with van der Waals surface area (Å²) in [5, 5.41) is 12.4. The van der Waals surface area contributed by atoms with E-state index in [1.54, 1.807) is 0 Å². The van der Waals surface area contributed by atoms with E-state index in [2.05, 4.69) is 62.8 Å². The SMILES string of the molecule is CCC[C@@H](C)[C@H]1CCC2C3CCC4CC(N[C@H](CC(C)C)C(=O)N[C@@H](C(=O)N[C@H](Cc5ccccc5)C(=O)NC(=O)Cc5ccccc5)C(C)C)CC[C@]4(C)C3CC[C@@]21C. The van der Waals surface area contributed by atoms with Crippen molar-refractivity contribution in [3.63, 3.8) is 0 Å². The highest BCUT2D eigenvalue weighted by molar-refractivity contribution is 6.00. The average molecular weight is 823 g/mol. The van der Waals surface area contributed by atoms with E-state index in [9.17, 15) is 19.2 Å². The summed E-state index contributed by atoms with van der Waals surface area (Å²) in [5.41, 5.74) is 2.51. The van der Waals surface area contributed by atoms with Crippen molar-refractivity contribution in [2.24, 2.45) is 58.2 Å². The van der Waals surface area contributed by atoms with Gasteiger partial charge in [-0.2, -0.15) is 0 Å². The van der Waals surface area contributed by atoms with Gasteiger partial charge in [0.1, 0.15) is 12.1 Å². The first kappa shape index (κ1) is 46.0. The summed E-state index contributed by atoms with van der Waals surface area (Å²) < 4.78 is 0. The fourth-order valence-electron chi connectivity index (χ4n) is 13.2. The molecule has 4 saturated carbocycles. The highest BCUT2D eigenvalue weighted by Gasteiger charge is 2.60. The predicted molar refractivity (Wildman–Crippen MR) is 242 cm³/mol. The molecule has 0 heterocycles. The fourth-order valence-corrected chi connectivity index (χ4v) is 13.2. The van der Waals surface area contributed by atoms with Crippen LogP contribution in [-0.4, -0.2) is 47.8 Å². The zero-order chi connectivity index (χ0) is 43.2. The Morgan fingerprint density at radius 3 is 2.00 bits per heavy atom. The second kappa shape index (κ2) is 20.1. The first-order valence-electron chi connectivity index (χ1n) is 23.9. The molecule has 5 unspecified atom stereocenters. The number of benzene rings is 2. The molecule has 0 aromatic heterocycles. The molecule has 0 spiro atoms. The number of carbonyl (C=O) groups excluding carboxylic acids is 4. The number of fused-ring (bicyclic) bond motifs is 5. The molecule has 2 aromatic rings. The van der Waals surface area contributed by atoms with E-state index in [0.717, 1.165) is 53.6 Å². The fraction of sp³-hybridized carbons (Fsp3) is 0.692. The van der Waals surface area contributed by atoms with E-state index in [4.69, 9.17) is 0 Å². The number of rotatable bonds is 17. The van der Waals surface area contributed by atoms with Crippen molar-refractivity contribution in [3.05, 3.63) is 71.8 Å². The molecule has 330 valence electrons. The van der Waals surface area contributed by atoms with Gasteiger partial charge in [0.25, 0.3) is 0 Å². The lowest BCUT2D eigenvalue weighted by Crippen LogP contribution is -2.60. The maximum atomic E-state index is 14.3. The highest BCUT2D eigenvalue weighted by atomic mass is 16.2. The summed E-state index contributed by atoms with van der Waals surface area (Å²) in [4.78, 5) is 55.0. The van der Waals surface area contributed by atoms with E-state index >= 15 is 0 Å². The number of carbonyl (C=O) groups is 4. The molecule has 8 nitrogen and oxygen atoms in total. The van der Waals surface area contributed by atoms with Crippen LogP contribution in [0.2, 0.25) is 0 Å². The Labute approximate surface area is 362 Å². The lowest BCUT2D eigenvalue weighted by Gasteiger charge is -2.61. The van der Waals surface area contributed by atoms with Gasteiger partial charge in [0.2, 0.25) is 23.6 Å². The van der Waals surface area contributed by atoms with Crippen LogP contribution >= 0.6 is 0 Å². The van der Waals surface area contributed by atoms with E-state index < -0.39 is 35.8 Å². The smallest absolute Gasteiger partial charge is 0.249 e. The third-order valence-electron chi connectivity index (χ3n) is 16.3. The van der Waals surface area contributed by atoms with Crippen molar-refractivity contribution in [2.75, 3.05) is 0 Å². The Kier molecular flexibility index (Phi) is 15.4. The molecule has 4 fully saturated rings. The first-order chi connectivity index (χ1) is 28.6. The Hall–Kier alpha value is -3.52. The molecule has 2 aromatic carbocycles. The molecule has 6 rings (SSSR count). The Bertz CT molecular complexity index is 1750. The summed E-state index contributed by atoms with van der Waals surface area (Å²) >= 11 is 0. The largest absolute Gasteiger partial charge is 0.343 e. The van der Waals surface area contributed by atoms with E-state index in [1.165, 1.54) is 57.8 Å². The molecule has 60 heavy (non-hydrogen) atoms. The van der Waals surface area contributed by atoms with Gasteiger partial charge in [0.05, 0.1) is 12.5 Å². The molecule has 4 N–H and O–H groups in total. The van der Waals surface area contributed by atoms with Gasteiger partial charge in [0, 0.05) is 12.5 Å². The van der Waals surface area contributed by atoms with Crippen molar-refractivity contribution in [3.8, 4) is 0 Å². The van der Waals surface area contributed by atoms with Crippen LogP contribution in [0.1, 0.15) is 144 Å². The number of imide groups is 1. The van der Waals surface area contributed by atoms with Crippen molar-refractivity contribution >= 4 is 23.6 Å². The van der Waals surface area contributed by atoms with Crippen molar-refractivity contribution in [2.45, 2.75) is 169 Å². The van der Waals surface area contributed by atoms with Crippen LogP contribution in [0.25, 0.3) is 0 Å². The summed E-state index contributed by atoms with van der Waals surface area (Å²) in [6, 6.07) is 16.7. The zero-order valence-electron chi connectivity index (χ0n) is 38.2. The van der Waals surface area contributed by atoms with Crippen LogP contribution in [-0.2, 0) is 32.0 Å². The van der Waals surface area contributed by atoms with E-state index in [-0.39, 0.29) is 36.6 Å². The highest BCUT2D eigenvalue weighted by Crippen LogP contribution is 2.68. The topological polar surface area (TPSA) is 116 Å².